The minimum atomic E-state index is 0.642. The molecule has 0 fully saturated rings. The van der Waals surface area contributed by atoms with Crippen molar-refractivity contribution >= 4 is 23.1 Å². The number of fused-ring (bicyclic) bond motifs is 1. The number of hydrogen-bond acceptors (Lipinski definition) is 4. The van der Waals surface area contributed by atoms with E-state index in [1.165, 1.54) is 0 Å². The Bertz CT molecular complexity index is 463. The third-order valence-corrected chi connectivity index (χ3v) is 3.31. The summed E-state index contributed by atoms with van der Waals surface area (Å²) in [4.78, 5) is 0. The summed E-state index contributed by atoms with van der Waals surface area (Å²) in [6.45, 7) is 4.37. The molecular formula is C10H14N4S. The van der Waals surface area contributed by atoms with E-state index in [1.807, 2.05) is 22.7 Å². The van der Waals surface area contributed by atoms with Crippen LogP contribution in [0.3, 0.4) is 0 Å². The summed E-state index contributed by atoms with van der Waals surface area (Å²) in [5.74, 6) is 1.68. The van der Waals surface area contributed by atoms with Crippen molar-refractivity contribution in [3.8, 4) is 0 Å². The third kappa shape index (κ3) is 2.23. The molecule has 2 rings (SSSR count). The Hall–Kier alpha value is -1.23. The fourth-order valence-corrected chi connectivity index (χ4v) is 2.09. The van der Waals surface area contributed by atoms with Gasteiger partial charge in [0.2, 0.25) is 0 Å². The van der Waals surface area contributed by atoms with E-state index in [-0.39, 0.29) is 0 Å². The molecule has 2 heterocycles. The van der Waals surface area contributed by atoms with Gasteiger partial charge in [0.1, 0.15) is 0 Å². The van der Waals surface area contributed by atoms with E-state index in [9.17, 15) is 0 Å². The minimum absolute atomic E-state index is 0.642. The van der Waals surface area contributed by atoms with E-state index in [0.29, 0.717) is 5.92 Å². The zero-order valence-electron chi connectivity index (χ0n) is 8.84. The lowest BCUT2D eigenvalue weighted by Gasteiger charge is -2.02. The van der Waals surface area contributed by atoms with E-state index >= 15 is 0 Å². The van der Waals surface area contributed by atoms with Crippen LogP contribution in [0.15, 0.2) is 23.5 Å². The summed E-state index contributed by atoms with van der Waals surface area (Å²) in [5.41, 5.74) is 7.30. The SMILES string of the molecule is CC(C)CSc1nnc2ccc(N)cn12. The largest absolute Gasteiger partial charge is 0.398 e. The predicted molar refractivity (Wildman–Crippen MR) is 63.0 cm³/mol. The van der Waals surface area contributed by atoms with Crippen LogP contribution < -0.4 is 5.73 Å². The van der Waals surface area contributed by atoms with Crippen LogP contribution in [0.25, 0.3) is 5.65 Å². The van der Waals surface area contributed by atoms with Crippen LogP contribution in [0.5, 0.6) is 0 Å². The summed E-state index contributed by atoms with van der Waals surface area (Å²) in [5, 5.41) is 9.11. The monoisotopic (exact) mass is 222 g/mol. The number of thioether (sulfide) groups is 1. The predicted octanol–water partition coefficient (Wildman–Crippen LogP) is 2.06. The molecular weight excluding hydrogens is 208 g/mol. The van der Waals surface area contributed by atoms with Crippen molar-refractivity contribution in [2.75, 3.05) is 11.5 Å². The molecule has 2 aromatic heterocycles. The lowest BCUT2D eigenvalue weighted by molar-refractivity contribution is 0.747. The molecule has 5 heteroatoms. The van der Waals surface area contributed by atoms with Gasteiger partial charge in [0.25, 0.3) is 0 Å². The number of pyridine rings is 1. The molecule has 0 bridgehead atoms. The first-order valence-electron chi connectivity index (χ1n) is 4.90. The molecule has 0 aliphatic heterocycles. The Balaban J connectivity index is 2.31. The summed E-state index contributed by atoms with van der Waals surface area (Å²) in [6.07, 6.45) is 1.86. The van der Waals surface area contributed by atoms with Crippen LogP contribution in [0.1, 0.15) is 13.8 Å². The number of nitrogens with two attached hydrogens (primary N) is 1. The molecule has 0 radical (unpaired) electrons. The van der Waals surface area contributed by atoms with Gasteiger partial charge in [-0.25, -0.2) is 0 Å². The van der Waals surface area contributed by atoms with E-state index in [2.05, 4.69) is 24.0 Å². The van der Waals surface area contributed by atoms with Gasteiger partial charge in [0, 0.05) is 17.6 Å². The third-order valence-electron chi connectivity index (χ3n) is 1.94. The Morgan fingerprint density at radius 2 is 2.20 bits per heavy atom. The van der Waals surface area contributed by atoms with Crippen LogP contribution in [0.4, 0.5) is 5.69 Å². The summed E-state index contributed by atoms with van der Waals surface area (Å²) < 4.78 is 1.93. The normalized spacial score (nSPS) is 11.4. The van der Waals surface area contributed by atoms with Gasteiger partial charge in [-0.1, -0.05) is 25.6 Å². The number of rotatable bonds is 3. The van der Waals surface area contributed by atoms with Crippen LogP contribution >= 0.6 is 11.8 Å². The molecule has 2 aromatic rings. The number of anilines is 1. The van der Waals surface area contributed by atoms with E-state index in [4.69, 9.17) is 5.73 Å². The van der Waals surface area contributed by atoms with Crippen molar-refractivity contribution < 1.29 is 0 Å². The van der Waals surface area contributed by atoms with Gasteiger partial charge in [-0.05, 0) is 18.1 Å². The summed E-state index contributed by atoms with van der Waals surface area (Å²) >= 11 is 1.71. The van der Waals surface area contributed by atoms with Crippen LogP contribution in [0.2, 0.25) is 0 Å². The second kappa shape index (κ2) is 4.10. The Labute approximate surface area is 92.9 Å². The van der Waals surface area contributed by atoms with Gasteiger partial charge >= 0.3 is 0 Å². The van der Waals surface area contributed by atoms with Crippen LogP contribution in [0, 0.1) is 5.92 Å². The Morgan fingerprint density at radius 3 is 2.93 bits per heavy atom. The molecule has 0 saturated heterocycles. The first-order chi connectivity index (χ1) is 7.16. The zero-order chi connectivity index (χ0) is 10.8. The van der Waals surface area contributed by atoms with Crippen molar-refractivity contribution in [2.45, 2.75) is 19.0 Å². The second-order valence-electron chi connectivity index (χ2n) is 3.88. The Morgan fingerprint density at radius 1 is 1.40 bits per heavy atom. The van der Waals surface area contributed by atoms with Crippen LogP contribution in [-0.4, -0.2) is 20.4 Å². The molecule has 0 atom stereocenters. The molecule has 2 N–H and O–H groups in total. The van der Waals surface area contributed by atoms with Crippen molar-refractivity contribution in [3.05, 3.63) is 18.3 Å². The smallest absolute Gasteiger partial charge is 0.195 e. The van der Waals surface area contributed by atoms with Gasteiger partial charge in [0.05, 0.1) is 0 Å². The summed E-state index contributed by atoms with van der Waals surface area (Å²) in [7, 11) is 0. The van der Waals surface area contributed by atoms with Crippen molar-refractivity contribution in [3.63, 3.8) is 0 Å². The molecule has 0 spiro atoms. The van der Waals surface area contributed by atoms with Crippen molar-refractivity contribution in [1.29, 1.82) is 0 Å². The highest BCUT2D eigenvalue weighted by molar-refractivity contribution is 7.99. The van der Waals surface area contributed by atoms with Gasteiger partial charge in [0.15, 0.2) is 10.8 Å². The Kier molecular flexibility index (Phi) is 2.81. The molecule has 15 heavy (non-hydrogen) atoms. The highest BCUT2D eigenvalue weighted by Crippen LogP contribution is 2.20. The first kappa shape index (κ1) is 10.3. The maximum absolute atomic E-state index is 5.72. The fraction of sp³-hybridized carbons (Fsp3) is 0.400. The van der Waals surface area contributed by atoms with Gasteiger partial charge in [-0.2, -0.15) is 0 Å². The topological polar surface area (TPSA) is 56.2 Å². The lowest BCUT2D eigenvalue weighted by atomic mass is 10.3. The van der Waals surface area contributed by atoms with Crippen molar-refractivity contribution in [2.24, 2.45) is 5.92 Å². The molecule has 0 aliphatic rings. The number of nitrogens with zero attached hydrogens (tertiary/aromatic N) is 3. The molecule has 0 amide bonds. The van der Waals surface area contributed by atoms with Gasteiger partial charge in [-0.3, -0.25) is 4.40 Å². The van der Waals surface area contributed by atoms with Gasteiger partial charge < -0.3 is 5.73 Å². The van der Waals surface area contributed by atoms with Gasteiger partial charge in [-0.15, -0.1) is 10.2 Å². The molecule has 80 valence electrons. The average Bonchev–Trinajstić information content (AvgIpc) is 2.57. The van der Waals surface area contributed by atoms with Crippen molar-refractivity contribution in [1.82, 2.24) is 14.6 Å². The molecule has 0 unspecified atom stereocenters. The van der Waals surface area contributed by atoms with Crippen LogP contribution in [-0.2, 0) is 0 Å². The fourth-order valence-electron chi connectivity index (χ4n) is 1.23. The van der Waals surface area contributed by atoms with E-state index in [1.54, 1.807) is 11.8 Å². The average molecular weight is 222 g/mol. The quantitative estimate of drug-likeness (QED) is 0.808. The number of aromatic nitrogens is 3. The highest BCUT2D eigenvalue weighted by Gasteiger charge is 2.06. The highest BCUT2D eigenvalue weighted by atomic mass is 32.2. The molecule has 0 saturated carbocycles. The molecule has 4 nitrogen and oxygen atoms in total. The van der Waals surface area contributed by atoms with E-state index in [0.717, 1.165) is 22.2 Å². The lowest BCUT2D eigenvalue weighted by Crippen LogP contribution is -1.95. The molecule has 0 aliphatic carbocycles. The second-order valence-corrected chi connectivity index (χ2v) is 4.87. The summed E-state index contributed by atoms with van der Waals surface area (Å²) in [6, 6.07) is 3.71. The van der Waals surface area contributed by atoms with E-state index < -0.39 is 0 Å². The number of hydrogen-bond donors (Lipinski definition) is 1. The zero-order valence-corrected chi connectivity index (χ0v) is 9.66. The first-order valence-corrected chi connectivity index (χ1v) is 5.88. The number of nitrogen functional groups attached to an aromatic ring is 1. The standard InChI is InChI=1S/C10H14N4S/c1-7(2)6-15-10-13-12-9-4-3-8(11)5-14(9)10/h3-5,7H,6,11H2,1-2H3. The molecule has 0 aromatic carbocycles. The minimum Gasteiger partial charge on any atom is -0.398 e. The maximum Gasteiger partial charge on any atom is 0.195 e. The maximum atomic E-state index is 5.72.